The molecule has 156 valence electrons. The number of nitrogens with zero attached hydrogens (tertiary/aromatic N) is 1. The molecule has 1 aliphatic heterocycles. The predicted molar refractivity (Wildman–Crippen MR) is 104 cm³/mol. The van der Waals surface area contributed by atoms with Gasteiger partial charge >= 0.3 is 11.8 Å². The van der Waals surface area contributed by atoms with E-state index in [1.165, 1.54) is 34.6 Å². The van der Waals surface area contributed by atoms with Crippen molar-refractivity contribution in [2.45, 2.75) is 23.4 Å². The van der Waals surface area contributed by atoms with Crippen LogP contribution in [0.1, 0.15) is 12.0 Å². The van der Waals surface area contributed by atoms with Gasteiger partial charge in [0.25, 0.3) is 10.0 Å². The molecule has 0 bridgehead atoms. The topological polar surface area (TPSA) is 105 Å². The molecule has 2 amide bonds. The molecular weight excluding hydrogens is 421 g/mol. The summed E-state index contributed by atoms with van der Waals surface area (Å²) in [4.78, 5) is 24.0. The van der Waals surface area contributed by atoms with E-state index in [0.717, 1.165) is 11.3 Å². The number of carbonyl (C=O) groups is 2. The monoisotopic (exact) mass is 441 g/mol. The van der Waals surface area contributed by atoms with Crippen molar-refractivity contribution in [1.82, 2.24) is 14.9 Å². The summed E-state index contributed by atoms with van der Waals surface area (Å²) < 4.78 is 45.3. The fraction of sp³-hybridized carbons (Fsp3) is 0.333. The fourth-order valence-electron chi connectivity index (χ4n) is 2.75. The van der Waals surface area contributed by atoms with Gasteiger partial charge in [-0.05, 0) is 35.6 Å². The second-order valence-electron chi connectivity index (χ2n) is 6.25. The Morgan fingerprint density at radius 2 is 1.90 bits per heavy atom. The van der Waals surface area contributed by atoms with Crippen molar-refractivity contribution in [2.75, 3.05) is 19.7 Å². The summed E-state index contributed by atoms with van der Waals surface area (Å²) in [5.41, 5.74) is 0.636. The Morgan fingerprint density at radius 3 is 2.59 bits per heavy atom. The van der Waals surface area contributed by atoms with Crippen molar-refractivity contribution in [2.24, 2.45) is 0 Å². The molecule has 0 saturated carbocycles. The highest BCUT2D eigenvalue weighted by Gasteiger charge is 2.35. The largest absolute Gasteiger partial charge is 0.360 e. The summed E-state index contributed by atoms with van der Waals surface area (Å²) in [6.45, 7) is 0.518. The van der Waals surface area contributed by atoms with E-state index in [-0.39, 0.29) is 23.8 Å². The predicted octanol–water partition coefficient (Wildman–Crippen LogP) is 1.06. The smallest absolute Gasteiger partial charge is 0.309 e. The lowest BCUT2D eigenvalue weighted by Gasteiger charge is -2.34. The van der Waals surface area contributed by atoms with Crippen molar-refractivity contribution in [3.8, 4) is 0 Å². The highest BCUT2D eigenvalue weighted by Crippen LogP contribution is 2.25. The molecular formula is C18H20FN3O5S2. The summed E-state index contributed by atoms with van der Waals surface area (Å²) in [6.07, 6.45) is -0.363. The molecule has 11 heteroatoms. The molecule has 1 atom stereocenters. The van der Waals surface area contributed by atoms with Crippen LogP contribution in [0.5, 0.6) is 0 Å². The Balaban J connectivity index is 1.55. The molecule has 0 spiro atoms. The average Bonchev–Trinajstić information content (AvgIpc) is 3.27. The molecule has 3 rings (SSSR count). The van der Waals surface area contributed by atoms with E-state index in [1.54, 1.807) is 11.4 Å². The number of hydrogen-bond acceptors (Lipinski definition) is 6. The molecule has 0 aliphatic carbocycles. The van der Waals surface area contributed by atoms with Crippen LogP contribution in [-0.4, -0.2) is 50.5 Å². The molecule has 1 aromatic heterocycles. The number of sulfonamides is 1. The van der Waals surface area contributed by atoms with E-state index in [4.69, 9.17) is 4.74 Å². The number of halogens is 1. The molecule has 2 N–H and O–H groups in total. The van der Waals surface area contributed by atoms with Crippen molar-refractivity contribution in [1.29, 1.82) is 0 Å². The maximum absolute atomic E-state index is 12.9. The zero-order chi connectivity index (χ0) is 20.9. The fourth-order valence-corrected chi connectivity index (χ4v) is 5.44. The SMILES string of the molecule is O=C(NCc1ccc(F)cc1)C(=O)NC[C@@H]1OCCCN1S(=O)(=O)c1cccs1. The summed E-state index contributed by atoms with van der Waals surface area (Å²) in [7, 11) is -3.74. The quantitative estimate of drug-likeness (QED) is 0.653. The van der Waals surface area contributed by atoms with Crippen LogP contribution >= 0.6 is 11.3 Å². The van der Waals surface area contributed by atoms with Crippen LogP contribution in [0.25, 0.3) is 0 Å². The van der Waals surface area contributed by atoms with Crippen LogP contribution in [-0.2, 0) is 30.9 Å². The van der Waals surface area contributed by atoms with Crippen molar-refractivity contribution in [3.63, 3.8) is 0 Å². The maximum atomic E-state index is 12.9. The van der Waals surface area contributed by atoms with E-state index in [2.05, 4.69) is 10.6 Å². The standard InChI is InChI=1S/C18H20FN3O5S2/c19-14-6-4-13(5-7-14)11-20-17(23)18(24)21-12-15-22(8-2-9-27-15)29(25,26)16-3-1-10-28-16/h1,3-7,10,15H,2,8-9,11-12H2,(H,20,23)(H,21,24)/t15-/m0/s1. The van der Waals surface area contributed by atoms with Crippen molar-refractivity contribution < 1.29 is 27.1 Å². The Labute approximate surface area is 171 Å². The molecule has 0 radical (unpaired) electrons. The first kappa shape index (κ1) is 21.4. The van der Waals surface area contributed by atoms with Crippen LogP contribution in [0.3, 0.4) is 0 Å². The minimum absolute atomic E-state index is 0.0609. The van der Waals surface area contributed by atoms with Gasteiger partial charge in [-0.25, -0.2) is 12.8 Å². The first-order valence-electron chi connectivity index (χ1n) is 8.85. The third-order valence-electron chi connectivity index (χ3n) is 4.22. The van der Waals surface area contributed by atoms with E-state index >= 15 is 0 Å². The van der Waals surface area contributed by atoms with Gasteiger partial charge in [0.15, 0.2) is 0 Å². The third-order valence-corrected chi connectivity index (χ3v) is 7.48. The number of benzene rings is 1. The minimum Gasteiger partial charge on any atom is -0.360 e. The number of ether oxygens (including phenoxy) is 1. The second-order valence-corrected chi connectivity index (χ2v) is 9.31. The lowest BCUT2D eigenvalue weighted by molar-refractivity contribution is -0.140. The first-order valence-corrected chi connectivity index (χ1v) is 11.2. The van der Waals surface area contributed by atoms with Crippen LogP contribution < -0.4 is 10.6 Å². The zero-order valence-electron chi connectivity index (χ0n) is 15.3. The summed E-state index contributed by atoms with van der Waals surface area (Å²) in [5, 5.41) is 6.50. The van der Waals surface area contributed by atoms with Gasteiger partial charge in [0.05, 0.1) is 13.2 Å². The van der Waals surface area contributed by atoms with Gasteiger partial charge in [-0.3, -0.25) is 9.59 Å². The van der Waals surface area contributed by atoms with E-state index < -0.39 is 33.9 Å². The van der Waals surface area contributed by atoms with Crippen molar-refractivity contribution in [3.05, 3.63) is 53.2 Å². The third kappa shape index (κ3) is 5.38. The molecule has 1 fully saturated rings. The van der Waals surface area contributed by atoms with E-state index in [1.807, 2.05) is 0 Å². The summed E-state index contributed by atoms with van der Waals surface area (Å²) >= 11 is 1.10. The molecule has 2 aromatic rings. The number of hydrogen-bond donors (Lipinski definition) is 2. The van der Waals surface area contributed by atoms with E-state index in [0.29, 0.717) is 18.6 Å². The average molecular weight is 442 g/mol. The summed E-state index contributed by atoms with van der Waals surface area (Å²) in [5.74, 6) is -2.18. The second kappa shape index (κ2) is 9.44. The van der Waals surface area contributed by atoms with Crippen LogP contribution in [0, 0.1) is 5.82 Å². The Kier molecular flexibility index (Phi) is 6.96. The molecule has 1 aromatic carbocycles. The van der Waals surface area contributed by atoms with Gasteiger partial charge in [-0.15, -0.1) is 11.3 Å². The number of nitrogens with one attached hydrogen (secondary N) is 2. The van der Waals surface area contributed by atoms with Gasteiger partial charge in [-0.2, -0.15) is 4.31 Å². The Hall–Kier alpha value is -2.34. The summed E-state index contributed by atoms with van der Waals surface area (Å²) in [6, 6.07) is 8.65. The Morgan fingerprint density at radius 1 is 1.17 bits per heavy atom. The van der Waals surface area contributed by atoms with Crippen LogP contribution in [0.4, 0.5) is 4.39 Å². The van der Waals surface area contributed by atoms with Crippen molar-refractivity contribution >= 4 is 33.2 Å². The zero-order valence-corrected chi connectivity index (χ0v) is 17.0. The first-order chi connectivity index (χ1) is 13.9. The normalized spacial score (nSPS) is 17.6. The molecule has 8 nitrogen and oxygen atoms in total. The van der Waals surface area contributed by atoms with Crippen LogP contribution in [0.2, 0.25) is 0 Å². The lowest BCUT2D eigenvalue weighted by Crippen LogP contribution is -2.52. The maximum Gasteiger partial charge on any atom is 0.309 e. The highest BCUT2D eigenvalue weighted by molar-refractivity contribution is 7.91. The molecule has 2 heterocycles. The van der Waals surface area contributed by atoms with Gasteiger partial charge in [0.2, 0.25) is 0 Å². The van der Waals surface area contributed by atoms with Crippen LogP contribution in [0.15, 0.2) is 46.0 Å². The number of rotatable bonds is 6. The molecule has 1 saturated heterocycles. The number of amides is 2. The molecule has 29 heavy (non-hydrogen) atoms. The minimum atomic E-state index is -3.74. The number of carbonyl (C=O) groups excluding carboxylic acids is 2. The van der Waals surface area contributed by atoms with Gasteiger partial charge in [0.1, 0.15) is 16.3 Å². The number of thiophene rings is 1. The van der Waals surface area contributed by atoms with Gasteiger partial charge in [0, 0.05) is 13.1 Å². The lowest BCUT2D eigenvalue weighted by atomic mass is 10.2. The van der Waals surface area contributed by atoms with Gasteiger partial charge in [-0.1, -0.05) is 18.2 Å². The van der Waals surface area contributed by atoms with Gasteiger partial charge < -0.3 is 15.4 Å². The van der Waals surface area contributed by atoms with E-state index in [9.17, 15) is 22.4 Å². The molecule has 1 aliphatic rings. The molecule has 0 unspecified atom stereocenters. The Bertz CT molecular complexity index is 948. The highest BCUT2D eigenvalue weighted by atomic mass is 32.2.